The van der Waals surface area contributed by atoms with Gasteiger partial charge in [0.2, 0.25) is 0 Å². The predicted octanol–water partition coefficient (Wildman–Crippen LogP) is 3.95. The van der Waals surface area contributed by atoms with E-state index < -0.39 is 11.9 Å². The summed E-state index contributed by atoms with van der Waals surface area (Å²) >= 11 is 10.9. The molecule has 0 bridgehead atoms. The summed E-state index contributed by atoms with van der Waals surface area (Å²) in [4.78, 5) is 0. The van der Waals surface area contributed by atoms with Crippen LogP contribution in [0.2, 0.25) is 10.0 Å². The van der Waals surface area contributed by atoms with E-state index in [2.05, 4.69) is 0 Å². The molecule has 1 atom stereocenters. The monoisotopic (exact) mass is 319 g/mol. The number of halogens is 4. The first kappa shape index (κ1) is 16.9. The molecule has 0 radical (unpaired) electrons. The Labute approximate surface area is 125 Å². The van der Waals surface area contributed by atoms with Crippen LogP contribution in [0, 0.1) is 11.6 Å². The molecule has 3 N–H and O–H groups in total. The van der Waals surface area contributed by atoms with Crippen molar-refractivity contribution in [3.63, 3.8) is 0 Å². The summed E-state index contributed by atoms with van der Waals surface area (Å²) in [6.07, 6.45) is 0. The van der Waals surface area contributed by atoms with E-state index in [0.717, 1.165) is 0 Å². The van der Waals surface area contributed by atoms with Crippen LogP contribution in [-0.2, 0) is 0 Å². The molecule has 2 nitrogen and oxygen atoms in total. The quantitative estimate of drug-likeness (QED) is 0.880. The lowest BCUT2D eigenvalue weighted by Crippen LogP contribution is -2.14. The molecular formula is C14H13Cl2F2NO. The van der Waals surface area contributed by atoms with Crippen molar-refractivity contribution in [2.45, 2.75) is 6.04 Å². The fourth-order valence-electron chi connectivity index (χ4n) is 1.31. The van der Waals surface area contributed by atoms with Crippen LogP contribution in [0.25, 0.3) is 0 Å². The molecule has 0 heterocycles. The number of hydrogen-bond acceptors (Lipinski definition) is 2. The van der Waals surface area contributed by atoms with E-state index in [-0.39, 0.29) is 17.4 Å². The highest BCUT2D eigenvalue weighted by Gasteiger charge is 2.06. The molecule has 2 rings (SSSR count). The summed E-state index contributed by atoms with van der Waals surface area (Å²) in [6.45, 7) is -0.207. The Morgan fingerprint density at radius 1 is 1.10 bits per heavy atom. The van der Waals surface area contributed by atoms with Crippen molar-refractivity contribution < 1.29 is 13.9 Å². The van der Waals surface area contributed by atoms with Gasteiger partial charge in [0.25, 0.3) is 0 Å². The standard InChI is InChI=1S/C8H9ClFNO.C6H4ClF/c9-6-2-1-5(3-7(6)10)8(11)4-12;7-5-2-1-3-6(8)4-5/h1-3,8,12H,4,11H2;1-4H. The van der Waals surface area contributed by atoms with Crippen molar-refractivity contribution in [2.24, 2.45) is 5.73 Å². The molecule has 1 unspecified atom stereocenters. The van der Waals surface area contributed by atoms with E-state index in [9.17, 15) is 8.78 Å². The SMILES string of the molecule is Fc1cccc(Cl)c1.NC(CO)c1ccc(Cl)c(F)c1. The Hall–Kier alpha value is -1.20. The van der Waals surface area contributed by atoms with Crippen molar-refractivity contribution in [2.75, 3.05) is 6.61 Å². The fourth-order valence-corrected chi connectivity index (χ4v) is 1.60. The summed E-state index contributed by atoms with van der Waals surface area (Å²) in [6, 6.07) is 9.50. The predicted molar refractivity (Wildman–Crippen MR) is 76.8 cm³/mol. The minimum atomic E-state index is -0.545. The van der Waals surface area contributed by atoms with Gasteiger partial charge in [0.15, 0.2) is 0 Å². The Kier molecular flexibility index (Phi) is 6.88. The van der Waals surface area contributed by atoms with Gasteiger partial charge in [0.1, 0.15) is 11.6 Å². The van der Waals surface area contributed by atoms with Gasteiger partial charge in [-0.05, 0) is 35.9 Å². The van der Waals surface area contributed by atoms with Crippen molar-refractivity contribution in [3.05, 3.63) is 69.7 Å². The minimum absolute atomic E-state index is 0.0592. The van der Waals surface area contributed by atoms with Crippen LogP contribution in [0.3, 0.4) is 0 Å². The number of benzene rings is 2. The maximum absolute atomic E-state index is 12.8. The third kappa shape index (κ3) is 5.43. The van der Waals surface area contributed by atoms with Crippen molar-refractivity contribution >= 4 is 23.2 Å². The molecule has 0 aromatic heterocycles. The number of aliphatic hydroxyl groups excluding tert-OH is 1. The molecule has 108 valence electrons. The van der Waals surface area contributed by atoms with Gasteiger partial charge in [-0.15, -0.1) is 0 Å². The Morgan fingerprint density at radius 2 is 1.80 bits per heavy atom. The maximum atomic E-state index is 12.8. The molecule has 2 aromatic rings. The van der Waals surface area contributed by atoms with Gasteiger partial charge in [0.05, 0.1) is 17.7 Å². The molecular weight excluding hydrogens is 307 g/mol. The fraction of sp³-hybridized carbons (Fsp3) is 0.143. The normalized spacial score (nSPS) is 11.5. The number of hydrogen-bond donors (Lipinski definition) is 2. The molecule has 0 aliphatic heterocycles. The lowest BCUT2D eigenvalue weighted by Gasteiger charge is -2.08. The summed E-state index contributed by atoms with van der Waals surface area (Å²) in [5.74, 6) is -0.810. The van der Waals surface area contributed by atoms with Crippen LogP contribution in [0.5, 0.6) is 0 Å². The number of aliphatic hydroxyl groups is 1. The second-order valence-corrected chi connectivity index (χ2v) is 4.75. The van der Waals surface area contributed by atoms with E-state index in [1.54, 1.807) is 18.2 Å². The Bertz CT molecular complexity index is 549. The van der Waals surface area contributed by atoms with E-state index in [1.165, 1.54) is 24.3 Å². The van der Waals surface area contributed by atoms with Gasteiger partial charge >= 0.3 is 0 Å². The minimum Gasteiger partial charge on any atom is -0.394 e. The second-order valence-electron chi connectivity index (χ2n) is 3.90. The molecule has 0 saturated heterocycles. The number of rotatable bonds is 2. The van der Waals surface area contributed by atoms with Gasteiger partial charge in [-0.3, -0.25) is 0 Å². The summed E-state index contributed by atoms with van der Waals surface area (Å²) in [5.41, 5.74) is 5.99. The van der Waals surface area contributed by atoms with E-state index in [0.29, 0.717) is 10.6 Å². The van der Waals surface area contributed by atoms with Crippen LogP contribution >= 0.6 is 23.2 Å². The molecule has 0 fully saturated rings. The van der Waals surface area contributed by atoms with Crippen LogP contribution in [0.15, 0.2) is 42.5 Å². The number of nitrogens with two attached hydrogens (primary N) is 1. The zero-order valence-electron chi connectivity index (χ0n) is 10.4. The first-order valence-corrected chi connectivity index (χ1v) is 6.42. The molecule has 0 aliphatic carbocycles. The molecule has 0 spiro atoms. The van der Waals surface area contributed by atoms with Gasteiger partial charge < -0.3 is 10.8 Å². The Balaban J connectivity index is 0.000000217. The van der Waals surface area contributed by atoms with Gasteiger partial charge in [-0.25, -0.2) is 8.78 Å². The van der Waals surface area contributed by atoms with Gasteiger partial charge in [-0.2, -0.15) is 0 Å². The largest absolute Gasteiger partial charge is 0.394 e. The molecule has 0 amide bonds. The maximum Gasteiger partial charge on any atom is 0.142 e. The van der Waals surface area contributed by atoms with Crippen molar-refractivity contribution in [3.8, 4) is 0 Å². The van der Waals surface area contributed by atoms with Crippen molar-refractivity contribution in [1.82, 2.24) is 0 Å². The molecule has 0 saturated carbocycles. The van der Waals surface area contributed by atoms with Crippen LogP contribution in [0.1, 0.15) is 11.6 Å². The van der Waals surface area contributed by atoms with Crippen molar-refractivity contribution in [1.29, 1.82) is 0 Å². The first-order valence-electron chi connectivity index (χ1n) is 5.66. The molecule has 6 heteroatoms. The summed E-state index contributed by atoms with van der Waals surface area (Å²) < 4.78 is 24.9. The first-order chi connectivity index (χ1) is 9.43. The topological polar surface area (TPSA) is 46.2 Å². The molecule has 2 aromatic carbocycles. The molecule has 20 heavy (non-hydrogen) atoms. The lowest BCUT2D eigenvalue weighted by atomic mass is 10.1. The van der Waals surface area contributed by atoms with Crippen LogP contribution < -0.4 is 5.73 Å². The molecule has 0 aliphatic rings. The third-order valence-electron chi connectivity index (χ3n) is 2.36. The lowest BCUT2D eigenvalue weighted by molar-refractivity contribution is 0.268. The average Bonchev–Trinajstić information content (AvgIpc) is 2.41. The Morgan fingerprint density at radius 3 is 2.25 bits per heavy atom. The third-order valence-corrected chi connectivity index (χ3v) is 2.90. The van der Waals surface area contributed by atoms with E-state index in [4.69, 9.17) is 34.0 Å². The van der Waals surface area contributed by atoms with Crippen LogP contribution in [0.4, 0.5) is 8.78 Å². The van der Waals surface area contributed by atoms with Gasteiger partial charge in [0, 0.05) is 5.02 Å². The van der Waals surface area contributed by atoms with Gasteiger partial charge in [-0.1, -0.05) is 35.3 Å². The summed E-state index contributed by atoms with van der Waals surface area (Å²) in [7, 11) is 0. The zero-order valence-corrected chi connectivity index (χ0v) is 11.9. The highest BCUT2D eigenvalue weighted by molar-refractivity contribution is 6.30. The highest BCUT2D eigenvalue weighted by Crippen LogP contribution is 2.18. The smallest absolute Gasteiger partial charge is 0.142 e. The van der Waals surface area contributed by atoms with E-state index in [1.807, 2.05) is 0 Å². The second kappa shape index (κ2) is 8.17. The van der Waals surface area contributed by atoms with E-state index >= 15 is 0 Å². The summed E-state index contributed by atoms with van der Waals surface area (Å²) in [5, 5.41) is 9.16. The zero-order chi connectivity index (χ0) is 15.1. The van der Waals surface area contributed by atoms with Crippen LogP contribution in [-0.4, -0.2) is 11.7 Å². The average molecular weight is 320 g/mol. The highest BCUT2D eigenvalue weighted by atomic mass is 35.5.